The van der Waals surface area contributed by atoms with Gasteiger partial charge in [0.05, 0.1) is 20.5 Å². The Morgan fingerprint density at radius 2 is 1.59 bits per heavy atom. The first-order chi connectivity index (χ1) is 13.9. The molecule has 8 nitrogen and oxygen atoms in total. The Labute approximate surface area is 176 Å². The average Bonchev–Trinajstić information content (AvgIpc) is 2.72. The molecular formula is C19H17Cl2N3O5. The van der Waals surface area contributed by atoms with Crippen molar-refractivity contribution >= 4 is 46.5 Å². The van der Waals surface area contributed by atoms with Crippen LogP contribution in [-0.2, 0) is 9.53 Å². The molecule has 0 N–H and O–H groups in total. The van der Waals surface area contributed by atoms with Crippen molar-refractivity contribution in [2.24, 2.45) is 0 Å². The molecule has 152 valence electrons. The van der Waals surface area contributed by atoms with E-state index >= 15 is 0 Å². The minimum atomic E-state index is -0.751. The zero-order valence-electron chi connectivity index (χ0n) is 15.2. The van der Waals surface area contributed by atoms with E-state index in [0.29, 0.717) is 26.2 Å². The zero-order chi connectivity index (χ0) is 21.0. The van der Waals surface area contributed by atoms with E-state index in [-0.39, 0.29) is 27.2 Å². The highest BCUT2D eigenvalue weighted by Crippen LogP contribution is 2.25. The number of carbonyl (C=O) groups excluding carboxylic acids is 2. The lowest BCUT2D eigenvalue weighted by Crippen LogP contribution is -2.49. The molecule has 2 aromatic carbocycles. The van der Waals surface area contributed by atoms with Gasteiger partial charge in [-0.2, -0.15) is 0 Å². The van der Waals surface area contributed by atoms with Crippen LogP contribution in [0.2, 0.25) is 10.0 Å². The summed E-state index contributed by atoms with van der Waals surface area (Å²) in [6.45, 7) is 1.61. The molecule has 0 atom stereocenters. The van der Waals surface area contributed by atoms with Gasteiger partial charge in [0.25, 0.3) is 11.6 Å². The SMILES string of the molecule is O=C(OCC(=O)N1CCN(c2ccc([N+](=O)[O-])cc2)CC1)c1c(Cl)cccc1Cl. The topological polar surface area (TPSA) is 93.0 Å². The van der Waals surface area contributed by atoms with Crippen molar-refractivity contribution in [1.82, 2.24) is 4.90 Å². The molecule has 0 radical (unpaired) electrons. The van der Waals surface area contributed by atoms with Crippen molar-refractivity contribution in [2.45, 2.75) is 0 Å². The number of amides is 1. The lowest BCUT2D eigenvalue weighted by Gasteiger charge is -2.36. The molecule has 1 aliphatic rings. The maximum atomic E-state index is 12.4. The van der Waals surface area contributed by atoms with Gasteiger partial charge in [0.2, 0.25) is 0 Å². The molecule has 0 aliphatic carbocycles. The molecule has 0 unspecified atom stereocenters. The molecule has 1 heterocycles. The molecule has 2 aromatic rings. The van der Waals surface area contributed by atoms with Gasteiger partial charge in [-0.05, 0) is 24.3 Å². The van der Waals surface area contributed by atoms with Gasteiger partial charge in [0.1, 0.15) is 0 Å². The summed E-state index contributed by atoms with van der Waals surface area (Å²) in [5.74, 6) is -1.07. The maximum absolute atomic E-state index is 12.4. The Kier molecular flexibility index (Phi) is 6.56. The first-order valence-electron chi connectivity index (χ1n) is 8.75. The van der Waals surface area contributed by atoms with Crippen LogP contribution in [0, 0.1) is 10.1 Å². The lowest BCUT2D eigenvalue weighted by atomic mass is 10.2. The monoisotopic (exact) mass is 437 g/mol. The number of carbonyl (C=O) groups is 2. The fourth-order valence-electron chi connectivity index (χ4n) is 2.98. The number of hydrogen-bond donors (Lipinski definition) is 0. The minimum absolute atomic E-state index is 0.0306. The van der Waals surface area contributed by atoms with Crippen molar-refractivity contribution in [3.8, 4) is 0 Å². The third-order valence-electron chi connectivity index (χ3n) is 4.55. The maximum Gasteiger partial charge on any atom is 0.341 e. The van der Waals surface area contributed by atoms with Gasteiger partial charge in [-0.3, -0.25) is 14.9 Å². The number of esters is 1. The van der Waals surface area contributed by atoms with Crippen LogP contribution < -0.4 is 4.90 Å². The number of halogens is 2. The summed E-state index contributed by atoms with van der Waals surface area (Å²) < 4.78 is 5.08. The quantitative estimate of drug-likeness (QED) is 0.404. The van der Waals surface area contributed by atoms with E-state index in [2.05, 4.69) is 0 Å². The number of nitrogens with zero attached hydrogens (tertiary/aromatic N) is 3. The highest BCUT2D eigenvalue weighted by Gasteiger charge is 2.24. The highest BCUT2D eigenvalue weighted by molar-refractivity contribution is 6.39. The number of ether oxygens (including phenoxy) is 1. The lowest BCUT2D eigenvalue weighted by molar-refractivity contribution is -0.384. The van der Waals surface area contributed by atoms with Crippen LogP contribution in [-0.4, -0.2) is 54.5 Å². The number of anilines is 1. The minimum Gasteiger partial charge on any atom is -0.452 e. The van der Waals surface area contributed by atoms with Gasteiger partial charge < -0.3 is 14.5 Å². The number of rotatable bonds is 5. The van der Waals surface area contributed by atoms with Crippen molar-refractivity contribution < 1.29 is 19.2 Å². The van der Waals surface area contributed by atoms with Crippen molar-refractivity contribution in [2.75, 3.05) is 37.7 Å². The molecule has 1 saturated heterocycles. The molecule has 1 amide bonds. The summed E-state index contributed by atoms with van der Waals surface area (Å²) in [7, 11) is 0. The number of non-ortho nitro benzene ring substituents is 1. The number of hydrogen-bond acceptors (Lipinski definition) is 6. The molecule has 0 saturated carbocycles. The normalized spacial score (nSPS) is 13.9. The molecular weight excluding hydrogens is 421 g/mol. The van der Waals surface area contributed by atoms with E-state index in [9.17, 15) is 19.7 Å². The molecule has 1 aliphatic heterocycles. The third kappa shape index (κ3) is 4.96. The summed E-state index contributed by atoms with van der Waals surface area (Å²) >= 11 is 11.9. The first kappa shape index (κ1) is 20.9. The van der Waals surface area contributed by atoms with Crippen LogP contribution in [0.1, 0.15) is 10.4 Å². The van der Waals surface area contributed by atoms with Gasteiger partial charge in [0.15, 0.2) is 6.61 Å². The Bertz CT molecular complexity index is 908. The number of nitro benzene ring substituents is 1. The third-order valence-corrected chi connectivity index (χ3v) is 5.18. The van der Waals surface area contributed by atoms with Crippen molar-refractivity contribution in [3.63, 3.8) is 0 Å². The standard InChI is InChI=1S/C19H17Cl2N3O5/c20-15-2-1-3-16(21)18(15)19(26)29-12-17(25)23-10-8-22(9-11-23)13-4-6-14(7-5-13)24(27)28/h1-7H,8-12H2. The molecule has 0 aromatic heterocycles. The molecule has 1 fully saturated rings. The Morgan fingerprint density at radius 3 is 2.14 bits per heavy atom. The van der Waals surface area contributed by atoms with E-state index in [1.807, 2.05) is 4.90 Å². The predicted octanol–water partition coefficient (Wildman–Crippen LogP) is 3.41. The number of benzene rings is 2. The second-order valence-corrected chi connectivity index (χ2v) is 7.13. The predicted molar refractivity (Wildman–Crippen MR) is 109 cm³/mol. The molecule has 3 rings (SSSR count). The summed E-state index contributed by atoms with van der Waals surface area (Å²) in [6.07, 6.45) is 0. The summed E-state index contributed by atoms with van der Waals surface area (Å²) in [6, 6.07) is 10.9. The van der Waals surface area contributed by atoms with Crippen molar-refractivity contribution in [3.05, 3.63) is 68.2 Å². The summed E-state index contributed by atoms with van der Waals surface area (Å²) in [5.41, 5.74) is 0.914. The average molecular weight is 438 g/mol. The molecule has 0 bridgehead atoms. The Hall–Kier alpha value is -2.84. The largest absolute Gasteiger partial charge is 0.452 e. The Balaban J connectivity index is 1.51. The molecule has 29 heavy (non-hydrogen) atoms. The van der Waals surface area contributed by atoms with Crippen molar-refractivity contribution in [1.29, 1.82) is 0 Å². The second kappa shape index (κ2) is 9.11. The zero-order valence-corrected chi connectivity index (χ0v) is 16.7. The fraction of sp³-hybridized carbons (Fsp3) is 0.263. The molecule has 10 heteroatoms. The summed E-state index contributed by atoms with van der Waals surface area (Å²) in [5, 5.41) is 11.1. The fourth-order valence-corrected chi connectivity index (χ4v) is 3.53. The van der Waals surface area contributed by atoms with E-state index in [0.717, 1.165) is 5.69 Å². The number of piperazine rings is 1. The van der Waals surface area contributed by atoms with Gasteiger partial charge in [-0.1, -0.05) is 29.3 Å². The van der Waals surface area contributed by atoms with Crippen LogP contribution in [0.25, 0.3) is 0 Å². The molecule has 0 spiro atoms. The highest BCUT2D eigenvalue weighted by atomic mass is 35.5. The van der Waals surface area contributed by atoms with E-state index < -0.39 is 17.5 Å². The summed E-state index contributed by atoms with van der Waals surface area (Å²) in [4.78, 5) is 38.4. The van der Waals surface area contributed by atoms with E-state index in [1.165, 1.54) is 24.3 Å². The van der Waals surface area contributed by atoms with Crippen LogP contribution in [0.15, 0.2) is 42.5 Å². The van der Waals surface area contributed by atoms with Gasteiger partial charge >= 0.3 is 5.97 Å². The Morgan fingerprint density at radius 1 is 1.00 bits per heavy atom. The van der Waals surface area contributed by atoms with E-state index in [4.69, 9.17) is 27.9 Å². The van der Waals surface area contributed by atoms with Gasteiger partial charge in [0, 0.05) is 44.0 Å². The number of nitro groups is 1. The smallest absolute Gasteiger partial charge is 0.341 e. The second-order valence-electron chi connectivity index (χ2n) is 6.31. The van der Waals surface area contributed by atoms with E-state index in [1.54, 1.807) is 23.1 Å². The van der Waals surface area contributed by atoms with Crippen LogP contribution >= 0.6 is 23.2 Å². The van der Waals surface area contributed by atoms with Gasteiger partial charge in [-0.25, -0.2) is 4.79 Å². The van der Waals surface area contributed by atoms with Crippen LogP contribution in [0.3, 0.4) is 0 Å². The van der Waals surface area contributed by atoms with Gasteiger partial charge in [-0.15, -0.1) is 0 Å². The first-order valence-corrected chi connectivity index (χ1v) is 9.50. The van der Waals surface area contributed by atoms with Crippen LogP contribution in [0.4, 0.5) is 11.4 Å². The van der Waals surface area contributed by atoms with Crippen LogP contribution in [0.5, 0.6) is 0 Å².